The van der Waals surface area contributed by atoms with Crippen molar-refractivity contribution in [1.82, 2.24) is 9.97 Å². The third-order valence-corrected chi connectivity index (χ3v) is 2.02. The van der Waals surface area contributed by atoms with Crippen molar-refractivity contribution < 1.29 is 4.79 Å². The molecule has 15 heavy (non-hydrogen) atoms. The maximum Gasteiger partial charge on any atom is 0.223 e. The monoisotopic (exact) mass is 202 g/mol. The number of hydrogen-bond donors (Lipinski definition) is 2. The fourth-order valence-electron chi connectivity index (χ4n) is 1.35. The molecule has 0 fully saturated rings. The molecule has 0 saturated heterocycles. The van der Waals surface area contributed by atoms with Crippen molar-refractivity contribution in [2.24, 2.45) is 5.73 Å². The number of aromatic nitrogens is 2. The number of fused-ring (bicyclic) bond motifs is 1. The molecule has 2 aromatic rings. The molecule has 0 atom stereocenters. The molecule has 0 aliphatic heterocycles. The topological polar surface area (TPSA) is 94.9 Å². The molecule has 0 aliphatic rings. The van der Waals surface area contributed by atoms with Crippen LogP contribution in [-0.2, 0) is 11.2 Å². The van der Waals surface area contributed by atoms with Crippen molar-refractivity contribution in [2.45, 2.75) is 6.42 Å². The molecule has 0 spiro atoms. The summed E-state index contributed by atoms with van der Waals surface area (Å²) in [5, 5.41) is 0. The van der Waals surface area contributed by atoms with Gasteiger partial charge in [0.25, 0.3) is 0 Å². The van der Waals surface area contributed by atoms with Crippen molar-refractivity contribution in [1.29, 1.82) is 0 Å². The molecule has 5 nitrogen and oxygen atoms in total. The first-order valence-corrected chi connectivity index (χ1v) is 4.46. The van der Waals surface area contributed by atoms with Crippen LogP contribution >= 0.6 is 0 Å². The number of carbonyl (C=O) groups excluding carboxylic acids is 1. The second kappa shape index (κ2) is 3.53. The molecule has 0 bridgehead atoms. The van der Waals surface area contributed by atoms with Gasteiger partial charge in [0.15, 0.2) is 0 Å². The van der Waals surface area contributed by atoms with Crippen LogP contribution in [0.15, 0.2) is 24.3 Å². The fraction of sp³-hybridized carbons (Fsp3) is 0.100. The third kappa shape index (κ3) is 1.85. The number of nitrogen functional groups attached to an aromatic ring is 1. The summed E-state index contributed by atoms with van der Waals surface area (Å²) >= 11 is 0. The first-order valence-electron chi connectivity index (χ1n) is 4.46. The Morgan fingerprint density at radius 3 is 2.40 bits per heavy atom. The highest BCUT2D eigenvalue weighted by molar-refractivity contribution is 5.80. The second-order valence-corrected chi connectivity index (χ2v) is 3.19. The Morgan fingerprint density at radius 1 is 1.20 bits per heavy atom. The minimum atomic E-state index is -0.466. The summed E-state index contributed by atoms with van der Waals surface area (Å²) in [7, 11) is 0. The molecular formula is C10H10N4O. The van der Waals surface area contributed by atoms with Gasteiger partial charge in [0, 0.05) is 0 Å². The maximum atomic E-state index is 10.8. The summed E-state index contributed by atoms with van der Waals surface area (Å²) in [6.07, 6.45) is 0.0175. The summed E-state index contributed by atoms with van der Waals surface area (Å²) in [6, 6.07) is 7.32. The summed E-state index contributed by atoms with van der Waals surface area (Å²) in [5.74, 6) is -0.209. The average molecular weight is 202 g/mol. The van der Waals surface area contributed by atoms with Gasteiger partial charge in [0.1, 0.15) is 5.82 Å². The van der Waals surface area contributed by atoms with Crippen LogP contribution in [0, 0.1) is 0 Å². The van der Waals surface area contributed by atoms with E-state index in [1.54, 1.807) is 0 Å². The SMILES string of the molecule is NC(=O)Cc1nc2ccccc2nc1N. The molecule has 1 aromatic carbocycles. The number of anilines is 1. The number of nitrogens with two attached hydrogens (primary N) is 2. The van der Waals surface area contributed by atoms with Gasteiger partial charge in [-0.1, -0.05) is 12.1 Å². The van der Waals surface area contributed by atoms with Crippen LogP contribution in [0.25, 0.3) is 11.0 Å². The van der Waals surface area contributed by atoms with Crippen LogP contribution in [-0.4, -0.2) is 15.9 Å². The number of primary amides is 1. The standard InChI is InChI=1S/C10H10N4O/c11-9(15)5-8-10(12)14-7-4-2-1-3-6(7)13-8/h1-4H,5H2,(H2,11,15)(H2,12,14). The van der Waals surface area contributed by atoms with E-state index in [0.717, 1.165) is 0 Å². The Morgan fingerprint density at radius 2 is 1.80 bits per heavy atom. The van der Waals surface area contributed by atoms with Crippen LogP contribution in [0.4, 0.5) is 5.82 Å². The number of benzene rings is 1. The van der Waals surface area contributed by atoms with Crippen molar-refractivity contribution in [2.75, 3.05) is 5.73 Å². The first-order chi connectivity index (χ1) is 7.16. The normalized spacial score (nSPS) is 10.4. The zero-order valence-corrected chi connectivity index (χ0v) is 7.97. The van der Waals surface area contributed by atoms with Crippen molar-refractivity contribution >= 4 is 22.8 Å². The van der Waals surface area contributed by atoms with Gasteiger partial charge in [0.2, 0.25) is 5.91 Å². The van der Waals surface area contributed by atoms with E-state index < -0.39 is 5.91 Å². The largest absolute Gasteiger partial charge is 0.382 e. The van der Waals surface area contributed by atoms with Crippen LogP contribution in [0.1, 0.15) is 5.69 Å². The van der Waals surface area contributed by atoms with Crippen molar-refractivity contribution in [3.8, 4) is 0 Å². The van der Waals surface area contributed by atoms with E-state index in [1.165, 1.54) is 0 Å². The van der Waals surface area contributed by atoms with E-state index >= 15 is 0 Å². The molecule has 1 heterocycles. The number of hydrogen-bond acceptors (Lipinski definition) is 4. The lowest BCUT2D eigenvalue weighted by atomic mass is 10.2. The van der Waals surface area contributed by atoms with E-state index in [2.05, 4.69) is 9.97 Å². The molecule has 0 saturated carbocycles. The first kappa shape index (κ1) is 9.39. The highest BCUT2D eigenvalue weighted by atomic mass is 16.1. The summed E-state index contributed by atoms with van der Waals surface area (Å²) in [5.41, 5.74) is 12.6. The van der Waals surface area contributed by atoms with E-state index in [4.69, 9.17) is 11.5 Å². The van der Waals surface area contributed by atoms with E-state index in [0.29, 0.717) is 16.7 Å². The van der Waals surface area contributed by atoms with Crippen LogP contribution in [0.2, 0.25) is 0 Å². The van der Waals surface area contributed by atoms with Gasteiger partial charge in [-0.2, -0.15) is 0 Å². The minimum absolute atomic E-state index is 0.0175. The number of para-hydroxylation sites is 2. The van der Waals surface area contributed by atoms with Crippen molar-refractivity contribution in [3.63, 3.8) is 0 Å². The van der Waals surface area contributed by atoms with Crippen LogP contribution < -0.4 is 11.5 Å². The number of rotatable bonds is 2. The van der Waals surface area contributed by atoms with E-state index in [1.807, 2.05) is 24.3 Å². The van der Waals surface area contributed by atoms with Gasteiger partial charge in [-0.25, -0.2) is 9.97 Å². The van der Waals surface area contributed by atoms with Crippen molar-refractivity contribution in [3.05, 3.63) is 30.0 Å². The lowest BCUT2D eigenvalue weighted by Crippen LogP contribution is -2.16. The summed E-state index contributed by atoms with van der Waals surface area (Å²) in [6.45, 7) is 0. The Hall–Kier alpha value is -2.17. The Labute approximate surface area is 86.1 Å². The van der Waals surface area contributed by atoms with Gasteiger partial charge >= 0.3 is 0 Å². The molecule has 0 radical (unpaired) electrons. The molecule has 4 N–H and O–H groups in total. The summed E-state index contributed by atoms with van der Waals surface area (Å²) in [4.78, 5) is 19.1. The Balaban J connectivity index is 2.56. The zero-order chi connectivity index (χ0) is 10.8. The van der Waals surface area contributed by atoms with E-state index in [9.17, 15) is 4.79 Å². The lowest BCUT2D eigenvalue weighted by Gasteiger charge is -2.03. The van der Waals surface area contributed by atoms with Gasteiger partial charge in [-0.3, -0.25) is 4.79 Å². The predicted molar refractivity (Wildman–Crippen MR) is 56.8 cm³/mol. The zero-order valence-electron chi connectivity index (χ0n) is 7.97. The molecule has 1 amide bonds. The number of amides is 1. The Kier molecular flexibility index (Phi) is 2.21. The molecule has 76 valence electrons. The van der Waals surface area contributed by atoms with Gasteiger partial charge < -0.3 is 11.5 Å². The number of carbonyl (C=O) groups is 1. The predicted octanol–water partition coefficient (Wildman–Crippen LogP) is 0.240. The Bertz CT molecular complexity index is 524. The van der Waals surface area contributed by atoms with E-state index in [-0.39, 0.29) is 12.2 Å². The average Bonchev–Trinajstić information content (AvgIpc) is 2.18. The maximum absolute atomic E-state index is 10.8. The second-order valence-electron chi connectivity index (χ2n) is 3.19. The third-order valence-electron chi connectivity index (χ3n) is 2.02. The quantitative estimate of drug-likeness (QED) is 0.729. The van der Waals surface area contributed by atoms with Crippen LogP contribution in [0.5, 0.6) is 0 Å². The highest BCUT2D eigenvalue weighted by Gasteiger charge is 2.07. The molecular weight excluding hydrogens is 192 g/mol. The molecule has 1 aromatic heterocycles. The molecule has 0 aliphatic carbocycles. The van der Waals surface area contributed by atoms with Crippen LogP contribution in [0.3, 0.4) is 0 Å². The fourth-order valence-corrected chi connectivity index (χ4v) is 1.35. The van der Waals surface area contributed by atoms with Gasteiger partial charge in [-0.05, 0) is 12.1 Å². The lowest BCUT2D eigenvalue weighted by molar-refractivity contribution is -0.117. The molecule has 2 rings (SSSR count). The summed E-state index contributed by atoms with van der Waals surface area (Å²) < 4.78 is 0. The molecule has 5 heteroatoms. The minimum Gasteiger partial charge on any atom is -0.382 e. The van der Waals surface area contributed by atoms with Gasteiger partial charge in [0.05, 0.1) is 23.1 Å². The smallest absolute Gasteiger partial charge is 0.223 e. The number of nitrogens with zero attached hydrogens (tertiary/aromatic N) is 2. The highest BCUT2D eigenvalue weighted by Crippen LogP contribution is 2.14. The molecule has 0 unspecified atom stereocenters. The van der Waals surface area contributed by atoms with Gasteiger partial charge in [-0.15, -0.1) is 0 Å².